The highest BCUT2D eigenvalue weighted by Crippen LogP contribution is 2.29. The van der Waals surface area contributed by atoms with Gasteiger partial charge in [0.15, 0.2) is 0 Å². The molecule has 0 atom stereocenters. The number of thioether (sulfide) groups is 2. The standard InChI is InChI=1S/C22H17F2NS2/c1-16(15-26-20-11-7-17(23)8-12-20)22(25-19-5-3-2-4-6-19)27-21-13-9-18(24)10-14-21/h2-15H,1H3/b16-15?,25-22+. The largest absolute Gasteiger partial charge is 0.241 e. The van der Waals surface area contributed by atoms with Gasteiger partial charge < -0.3 is 0 Å². The van der Waals surface area contributed by atoms with Crippen LogP contribution >= 0.6 is 23.5 Å². The summed E-state index contributed by atoms with van der Waals surface area (Å²) in [7, 11) is 0. The predicted molar refractivity (Wildman–Crippen MR) is 112 cm³/mol. The Kier molecular flexibility index (Phi) is 6.85. The van der Waals surface area contributed by atoms with Crippen molar-refractivity contribution in [2.24, 2.45) is 4.99 Å². The van der Waals surface area contributed by atoms with E-state index < -0.39 is 0 Å². The molecule has 27 heavy (non-hydrogen) atoms. The van der Waals surface area contributed by atoms with Crippen LogP contribution in [0.1, 0.15) is 6.92 Å². The van der Waals surface area contributed by atoms with E-state index in [1.165, 1.54) is 47.8 Å². The number of nitrogens with zero attached hydrogens (tertiary/aromatic N) is 1. The SMILES string of the molecule is CC(=CSc1ccc(F)cc1)/C(=N\c1ccccc1)Sc1ccc(F)cc1. The summed E-state index contributed by atoms with van der Waals surface area (Å²) in [6.45, 7) is 1.98. The normalized spacial score (nSPS) is 12.3. The lowest BCUT2D eigenvalue weighted by atomic mass is 10.3. The average molecular weight is 398 g/mol. The zero-order valence-corrected chi connectivity index (χ0v) is 16.2. The molecule has 0 spiro atoms. The Morgan fingerprint density at radius 3 is 1.93 bits per heavy atom. The van der Waals surface area contributed by atoms with Gasteiger partial charge in [-0.2, -0.15) is 0 Å². The second-order valence-electron chi connectivity index (χ2n) is 5.68. The molecule has 5 heteroatoms. The summed E-state index contributed by atoms with van der Waals surface area (Å²) in [6.07, 6.45) is 0. The number of hydrogen-bond donors (Lipinski definition) is 0. The molecule has 3 aromatic carbocycles. The second kappa shape index (κ2) is 9.53. The maximum Gasteiger partial charge on any atom is 0.123 e. The van der Waals surface area contributed by atoms with Crippen LogP contribution in [-0.4, -0.2) is 5.04 Å². The van der Waals surface area contributed by atoms with Crippen molar-refractivity contribution in [3.63, 3.8) is 0 Å². The van der Waals surface area contributed by atoms with Crippen molar-refractivity contribution < 1.29 is 8.78 Å². The molecule has 3 aromatic rings. The Bertz CT molecular complexity index is 934. The van der Waals surface area contributed by atoms with E-state index in [4.69, 9.17) is 4.99 Å². The molecule has 136 valence electrons. The number of halogens is 2. The lowest BCUT2D eigenvalue weighted by molar-refractivity contribution is 0.626. The number of aliphatic imine (C=N–C) groups is 1. The van der Waals surface area contributed by atoms with Crippen molar-refractivity contribution in [3.8, 4) is 0 Å². The van der Waals surface area contributed by atoms with Gasteiger partial charge in [0.1, 0.15) is 16.7 Å². The highest BCUT2D eigenvalue weighted by molar-refractivity contribution is 8.14. The van der Waals surface area contributed by atoms with Gasteiger partial charge in [0.25, 0.3) is 0 Å². The minimum absolute atomic E-state index is 0.252. The lowest BCUT2D eigenvalue weighted by Crippen LogP contribution is -1.94. The molecule has 0 radical (unpaired) electrons. The summed E-state index contributed by atoms with van der Waals surface area (Å²) in [4.78, 5) is 6.60. The van der Waals surface area contributed by atoms with Crippen LogP contribution in [0.15, 0.2) is 105 Å². The summed E-state index contributed by atoms with van der Waals surface area (Å²) in [6, 6.07) is 22.4. The Labute approximate surface area is 166 Å². The van der Waals surface area contributed by atoms with E-state index in [1.54, 1.807) is 24.3 Å². The fraction of sp³-hybridized carbons (Fsp3) is 0.0455. The number of para-hydroxylation sites is 1. The van der Waals surface area contributed by atoms with Gasteiger partial charge in [-0.25, -0.2) is 13.8 Å². The Morgan fingerprint density at radius 2 is 1.33 bits per heavy atom. The summed E-state index contributed by atoms with van der Waals surface area (Å²) < 4.78 is 26.2. The monoisotopic (exact) mass is 397 g/mol. The maximum absolute atomic E-state index is 13.2. The predicted octanol–water partition coefficient (Wildman–Crippen LogP) is 7.48. The van der Waals surface area contributed by atoms with Gasteiger partial charge in [-0.05, 0) is 78.6 Å². The molecule has 0 aromatic heterocycles. The Balaban J connectivity index is 1.85. The zero-order valence-electron chi connectivity index (χ0n) is 14.6. The minimum atomic E-state index is -0.264. The van der Waals surface area contributed by atoms with Crippen molar-refractivity contribution >= 4 is 34.3 Å². The van der Waals surface area contributed by atoms with Crippen LogP contribution in [0.5, 0.6) is 0 Å². The van der Waals surface area contributed by atoms with Gasteiger partial charge in [0.05, 0.1) is 5.69 Å². The zero-order chi connectivity index (χ0) is 19.1. The lowest BCUT2D eigenvalue weighted by Gasteiger charge is -2.08. The molecule has 0 aliphatic carbocycles. The van der Waals surface area contributed by atoms with Crippen molar-refractivity contribution in [1.82, 2.24) is 0 Å². The van der Waals surface area contributed by atoms with Gasteiger partial charge in [-0.3, -0.25) is 0 Å². The maximum atomic E-state index is 13.2. The van der Waals surface area contributed by atoms with E-state index in [2.05, 4.69) is 0 Å². The number of benzene rings is 3. The first kappa shape index (κ1) is 19.4. The quantitative estimate of drug-likeness (QED) is 0.251. The molecular formula is C22H17F2NS2. The highest BCUT2D eigenvalue weighted by Gasteiger charge is 2.07. The first-order valence-electron chi connectivity index (χ1n) is 8.27. The molecule has 0 aliphatic heterocycles. The van der Waals surface area contributed by atoms with E-state index in [0.717, 1.165) is 26.1 Å². The van der Waals surface area contributed by atoms with Crippen LogP contribution in [0.25, 0.3) is 0 Å². The third-order valence-electron chi connectivity index (χ3n) is 3.54. The Morgan fingerprint density at radius 1 is 0.778 bits per heavy atom. The summed E-state index contributed by atoms with van der Waals surface area (Å²) in [5.41, 5.74) is 1.82. The fourth-order valence-electron chi connectivity index (χ4n) is 2.15. The van der Waals surface area contributed by atoms with Gasteiger partial charge in [-0.15, -0.1) is 0 Å². The molecule has 0 saturated carbocycles. The van der Waals surface area contributed by atoms with Crippen LogP contribution in [0, 0.1) is 11.6 Å². The molecule has 0 unspecified atom stereocenters. The van der Waals surface area contributed by atoms with E-state index in [9.17, 15) is 8.78 Å². The molecule has 0 N–H and O–H groups in total. The third kappa shape index (κ3) is 6.08. The number of rotatable bonds is 5. The first-order valence-corrected chi connectivity index (χ1v) is 9.96. The molecule has 0 saturated heterocycles. The van der Waals surface area contributed by atoms with Gasteiger partial charge in [0.2, 0.25) is 0 Å². The van der Waals surface area contributed by atoms with Crippen molar-refractivity contribution in [3.05, 3.63) is 101 Å². The molecule has 0 bridgehead atoms. The number of hydrogen-bond acceptors (Lipinski definition) is 3. The Hall–Kier alpha value is -2.37. The third-order valence-corrected chi connectivity index (χ3v) is 5.67. The van der Waals surface area contributed by atoms with Crippen molar-refractivity contribution in [2.75, 3.05) is 0 Å². The van der Waals surface area contributed by atoms with Gasteiger partial charge in [0, 0.05) is 9.79 Å². The summed E-state index contributed by atoms with van der Waals surface area (Å²) in [5, 5.41) is 2.81. The van der Waals surface area contributed by atoms with Crippen LogP contribution in [0.3, 0.4) is 0 Å². The van der Waals surface area contributed by atoms with Gasteiger partial charge in [-0.1, -0.05) is 41.7 Å². The smallest absolute Gasteiger partial charge is 0.123 e. The fourth-order valence-corrected chi connectivity index (χ4v) is 3.80. The summed E-state index contributed by atoms with van der Waals surface area (Å²) in [5.74, 6) is -0.515. The van der Waals surface area contributed by atoms with Crippen LogP contribution < -0.4 is 0 Å². The molecule has 0 aliphatic rings. The van der Waals surface area contributed by atoms with Crippen LogP contribution in [0.2, 0.25) is 0 Å². The van der Waals surface area contributed by atoms with Crippen LogP contribution in [0.4, 0.5) is 14.5 Å². The summed E-state index contributed by atoms with van der Waals surface area (Å²) >= 11 is 2.99. The molecule has 1 nitrogen and oxygen atoms in total. The molecular weight excluding hydrogens is 380 g/mol. The minimum Gasteiger partial charge on any atom is -0.241 e. The highest BCUT2D eigenvalue weighted by atomic mass is 32.2. The van der Waals surface area contributed by atoms with E-state index in [1.807, 2.05) is 42.7 Å². The van der Waals surface area contributed by atoms with E-state index >= 15 is 0 Å². The van der Waals surface area contributed by atoms with Crippen molar-refractivity contribution in [1.29, 1.82) is 0 Å². The van der Waals surface area contributed by atoms with E-state index in [0.29, 0.717) is 0 Å². The molecule has 3 rings (SSSR count). The molecule has 0 fully saturated rings. The van der Waals surface area contributed by atoms with E-state index in [-0.39, 0.29) is 11.6 Å². The van der Waals surface area contributed by atoms with Crippen molar-refractivity contribution in [2.45, 2.75) is 16.7 Å². The van der Waals surface area contributed by atoms with Gasteiger partial charge >= 0.3 is 0 Å². The molecule has 0 heterocycles. The van der Waals surface area contributed by atoms with Crippen LogP contribution in [-0.2, 0) is 0 Å². The molecule has 0 amide bonds. The second-order valence-corrected chi connectivity index (χ2v) is 7.69. The first-order chi connectivity index (χ1) is 13.1. The average Bonchev–Trinajstić information content (AvgIpc) is 2.69. The topological polar surface area (TPSA) is 12.4 Å².